The van der Waals surface area contributed by atoms with Crippen molar-refractivity contribution in [1.29, 1.82) is 0 Å². The Labute approximate surface area is 174 Å². The van der Waals surface area contributed by atoms with Crippen LogP contribution in [0.15, 0.2) is 47.4 Å². The summed E-state index contributed by atoms with van der Waals surface area (Å²) in [7, 11) is -3.94. The number of nitrogens with one attached hydrogen (secondary N) is 2. The summed E-state index contributed by atoms with van der Waals surface area (Å²) in [6.45, 7) is 6.06. The second kappa shape index (κ2) is 8.98. The van der Waals surface area contributed by atoms with Gasteiger partial charge in [0.05, 0.1) is 11.7 Å². The number of fused-ring (bicyclic) bond motifs is 1. The van der Waals surface area contributed by atoms with Crippen LogP contribution in [0.2, 0.25) is 0 Å². The molecule has 1 amide bonds. The number of carbonyl (C=O) groups is 1. The van der Waals surface area contributed by atoms with E-state index in [1.807, 2.05) is 25.1 Å². The summed E-state index contributed by atoms with van der Waals surface area (Å²) in [4.78, 5) is 12.7. The quantitative estimate of drug-likeness (QED) is 0.570. The molecular formula is C20H24N4O3S2. The highest BCUT2D eigenvalue weighted by atomic mass is 32.2. The van der Waals surface area contributed by atoms with Crippen LogP contribution < -0.4 is 10.0 Å². The van der Waals surface area contributed by atoms with Gasteiger partial charge in [0.25, 0.3) is 0 Å². The molecule has 1 atom stereocenters. The molecule has 0 bridgehead atoms. The number of amides is 1. The summed E-state index contributed by atoms with van der Waals surface area (Å²) in [5, 5.41) is 2.85. The fourth-order valence-corrected chi connectivity index (χ4v) is 5.14. The van der Waals surface area contributed by atoms with Gasteiger partial charge < -0.3 is 5.32 Å². The van der Waals surface area contributed by atoms with Gasteiger partial charge in [-0.3, -0.25) is 4.79 Å². The lowest BCUT2D eigenvalue weighted by atomic mass is 10.0. The highest BCUT2D eigenvalue weighted by Crippen LogP contribution is 2.21. The van der Waals surface area contributed by atoms with Gasteiger partial charge in [0.1, 0.15) is 22.0 Å². The van der Waals surface area contributed by atoms with Gasteiger partial charge in [-0.15, -0.1) is 0 Å². The Kier molecular flexibility index (Phi) is 6.61. The Morgan fingerprint density at radius 3 is 2.62 bits per heavy atom. The van der Waals surface area contributed by atoms with Gasteiger partial charge in [-0.2, -0.15) is 13.5 Å². The van der Waals surface area contributed by atoms with Gasteiger partial charge in [-0.25, -0.2) is 8.42 Å². The van der Waals surface area contributed by atoms with E-state index in [4.69, 9.17) is 0 Å². The van der Waals surface area contributed by atoms with E-state index in [2.05, 4.69) is 24.9 Å². The zero-order chi connectivity index (χ0) is 21.0. The molecule has 0 spiro atoms. The fraction of sp³-hybridized carbons (Fsp3) is 0.350. The van der Waals surface area contributed by atoms with Crippen molar-refractivity contribution >= 4 is 38.7 Å². The minimum Gasteiger partial charge on any atom is -0.354 e. The zero-order valence-electron chi connectivity index (χ0n) is 16.5. The third-order valence-electron chi connectivity index (χ3n) is 4.57. The number of hydrogen-bond acceptors (Lipinski definition) is 6. The van der Waals surface area contributed by atoms with Crippen LogP contribution in [0.1, 0.15) is 25.0 Å². The van der Waals surface area contributed by atoms with E-state index in [9.17, 15) is 13.2 Å². The van der Waals surface area contributed by atoms with E-state index in [1.54, 1.807) is 26.0 Å². The van der Waals surface area contributed by atoms with E-state index >= 15 is 0 Å². The van der Waals surface area contributed by atoms with Gasteiger partial charge >= 0.3 is 0 Å². The molecule has 7 nitrogen and oxygen atoms in total. The minimum atomic E-state index is -3.94. The van der Waals surface area contributed by atoms with E-state index in [1.165, 1.54) is 6.07 Å². The molecule has 0 aliphatic heterocycles. The van der Waals surface area contributed by atoms with Crippen LogP contribution in [0.25, 0.3) is 11.0 Å². The predicted molar refractivity (Wildman–Crippen MR) is 114 cm³/mol. The third-order valence-corrected chi connectivity index (χ3v) is 6.58. The van der Waals surface area contributed by atoms with Crippen molar-refractivity contribution in [3.05, 3.63) is 53.6 Å². The molecule has 1 heterocycles. The third kappa shape index (κ3) is 5.17. The number of nitrogens with zero attached hydrogens (tertiary/aromatic N) is 2. The van der Waals surface area contributed by atoms with Crippen molar-refractivity contribution in [2.24, 2.45) is 5.92 Å². The number of rotatable bonds is 8. The average molecular weight is 433 g/mol. The van der Waals surface area contributed by atoms with E-state index in [-0.39, 0.29) is 16.7 Å². The first-order valence-electron chi connectivity index (χ1n) is 9.35. The molecule has 2 N–H and O–H groups in total. The molecule has 154 valence electrons. The van der Waals surface area contributed by atoms with Crippen LogP contribution >= 0.6 is 11.7 Å². The number of sulfonamides is 1. The summed E-state index contributed by atoms with van der Waals surface area (Å²) in [5.41, 5.74) is 3.11. The van der Waals surface area contributed by atoms with Crippen LogP contribution in [0, 0.1) is 12.8 Å². The molecule has 0 saturated carbocycles. The molecule has 0 aliphatic rings. The standard InChI is InChI=1S/C20H24N4O3S2/c1-13(2)18(20(25)21-11-10-15-7-4-6-14(3)12-15)24-29(26,27)17-9-5-8-16-19(17)23-28-22-16/h4-9,12-13,18,24H,10-11H2,1-3H3,(H,21,25)/t18-/m1/s1. The molecule has 1 aromatic heterocycles. The molecule has 29 heavy (non-hydrogen) atoms. The average Bonchev–Trinajstić information content (AvgIpc) is 3.14. The van der Waals surface area contributed by atoms with Crippen molar-refractivity contribution in [2.45, 2.75) is 38.1 Å². The van der Waals surface area contributed by atoms with Crippen LogP contribution in [0.4, 0.5) is 0 Å². The van der Waals surface area contributed by atoms with Crippen molar-refractivity contribution in [3.63, 3.8) is 0 Å². The molecule has 3 aromatic rings. The Bertz CT molecular complexity index is 1110. The first kappa shape index (κ1) is 21.4. The fourth-order valence-electron chi connectivity index (χ4n) is 3.03. The zero-order valence-corrected chi connectivity index (χ0v) is 18.2. The van der Waals surface area contributed by atoms with Crippen LogP contribution in [0.3, 0.4) is 0 Å². The number of aryl methyl sites for hydroxylation is 1. The molecule has 2 aromatic carbocycles. The smallest absolute Gasteiger partial charge is 0.243 e. The van der Waals surface area contributed by atoms with Gasteiger partial charge in [0, 0.05) is 6.54 Å². The Morgan fingerprint density at radius 2 is 1.90 bits per heavy atom. The predicted octanol–water partition coefficient (Wildman–Crippen LogP) is 2.66. The van der Waals surface area contributed by atoms with Crippen LogP contribution in [0.5, 0.6) is 0 Å². The summed E-state index contributed by atoms with van der Waals surface area (Å²) in [6.07, 6.45) is 0.675. The highest BCUT2D eigenvalue weighted by molar-refractivity contribution is 7.89. The minimum absolute atomic E-state index is 0.0296. The summed E-state index contributed by atoms with van der Waals surface area (Å²) < 4.78 is 36.6. The molecule has 0 radical (unpaired) electrons. The van der Waals surface area contributed by atoms with Crippen LogP contribution in [-0.2, 0) is 21.2 Å². The van der Waals surface area contributed by atoms with Crippen LogP contribution in [-0.4, -0.2) is 35.7 Å². The maximum Gasteiger partial charge on any atom is 0.243 e. The summed E-state index contributed by atoms with van der Waals surface area (Å²) in [6, 6.07) is 12.0. The molecule has 0 aliphatic carbocycles. The molecule has 3 rings (SSSR count). The number of aromatic nitrogens is 2. The SMILES string of the molecule is Cc1cccc(CCNC(=O)[C@H](NS(=O)(=O)c2cccc3nsnc23)C(C)C)c1. The maximum atomic E-state index is 12.9. The van der Waals surface area contributed by atoms with Crippen molar-refractivity contribution < 1.29 is 13.2 Å². The molecule has 0 unspecified atom stereocenters. The van der Waals surface area contributed by atoms with Crippen molar-refractivity contribution in [1.82, 2.24) is 18.8 Å². The Balaban J connectivity index is 1.70. The van der Waals surface area contributed by atoms with E-state index in [0.717, 1.165) is 22.9 Å². The second-order valence-corrected chi connectivity index (χ2v) is 9.47. The van der Waals surface area contributed by atoms with Gasteiger partial charge in [-0.1, -0.05) is 49.7 Å². The molecule has 9 heteroatoms. The molecule has 0 fully saturated rings. The lowest BCUT2D eigenvalue weighted by Gasteiger charge is -2.21. The number of benzene rings is 2. The highest BCUT2D eigenvalue weighted by Gasteiger charge is 2.29. The largest absolute Gasteiger partial charge is 0.354 e. The van der Waals surface area contributed by atoms with Gasteiger partial charge in [0.2, 0.25) is 15.9 Å². The lowest BCUT2D eigenvalue weighted by Crippen LogP contribution is -2.50. The lowest BCUT2D eigenvalue weighted by molar-refractivity contribution is -0.123. The Hall–Kier alpha value is -2.36. The topological polar surface area (TPSA) is 101 Å². The van der Waals surface area contributed by atoms with E-state index < -0.39 is 16.1 Å². The molecular weight excluding hydrogens is 408 g/mol. The summed E-state index contributed by atoms with van der Waals surface area (Å²) in [5.74, 6) is -0.573. The number of hydrogen-bond donors (Lipinski definition) is 2. The normalized spacial score (nSPS) is 13.0. The summed E-state index contributed by atoms with van der Waals surface area (Å²) >= 11 is 0.953. The monoisotopic (exact) mass is 432 g/mol. The van der Waals surface area contributed by atoms with Gasteiger partial charge in [0.15, 0.2) is 0 Å². The first-order valence-corrected chi connectivity index (χ1v) is 11.6. The first-order chi connectivity index (χ1) is 13.8. The van der Waals surface area contributed by atoms with Crippen molar-refractivity contribution in [3.8, 4) is 0 Å². The Morgan fingerprint density at radius 1 is 1.14 bits per heavy atom. The van der Waals surface area contributed by atoms with Crippen molar-refractivity contribution in [2.75, 3.05) is 6.54 Å². The van der Waals surface area contributed by atoms with E-state index in [0.29, 0.717) is 24.0 Å². The number of carbonyl (C=O) groups excluding carboxylic acids is 1. The molecule has 0 saturated heterocycles. The second-order valence-electron chi connectivity index (χ2n) is 7.26. The maximum absolute atomic E-state index is 12.9. The van der Waals surface area contributed by atoms with Gasteiger partial charge in [-0.05, 0) is 37.0 Å².